The highest BCUT2D eigenvalue weighted by molar-refractivity contribution is 7.92. The number of benzene rings is 2. The summed E-state index contributed by atoms with van der Waals surface area (Å²) in [6, 6.07) is 8.41. The topological polar surface area (TPSA) is 259 Å². The number of amides is 4. The average Bonchev–Trinajstić information content (AvgIpc) is 4.00. The molecule has 3 aromatic heterocycles. The van der Waals surface area contributed by atoms with Crippen molar-refractivity contribution in [2.45, 2.75) is 152 Å². The number of nitrogens with zero attached hydrogens (tertiary/aromatic N) is 7. The Bertz CT molecular complexity index is 3040. The molecule has 4 aliphatic rings. The Morgan fingerprint density at radius 2 is 1.63 bits per heavy atom. The van der Waals surface area contributed by atoms with E-state index in [1.165, 1.54) is 24.3 Å². The largest absolute Gasteiger partial charge is 0.492 e. The monoisotopic (exact) mass is 1060 g/mol. The van der Waals surface area contributed by atoms with Crippen molar-refractivity contribution in [1.29, 1.82) is 0 Å². The number of rotatable bonds is 16. The third-order valence-corrected chi connectivity index (χ3v) is 18.5. The predicted molar refractivity (Wildman–Crippen MR) is 289 cm³/mol. The van der Waals surface area contributed by atoms with E-state index in [0.717, 1.165) is 81.0 Å². The van der Waals surface area contributed by atoms with E-state index in [2.05, 4.69) is 62.8 Å². The second kappa shape index (κ2) is 22.8. The standard InChI is InChI=1S/C55H73N13O7S/c1-32-33(2)65-66-48(32)64-49-41-25-46(76(73,74)55(4,5)6)45(26-43(41)59-31-60-49)75-30-35-20-22-67(23-21-35)54-57-27-38(28-58-54)51(70)61-39-24-44(52(71)62-42-19-13-17-36-14-11-12-18-40(36)42)68(29-39)53(72)47(37-15-9-8-10-16-37)63-50(69)34(3)56-7/h11-12,14,18,25-28,31,34-35,37,39,42,44,47,56H,8-10,13,15-17,19-24,29-30H2,1-7H3,(H,61,70)(H,62,71)(H,63,69)(H2,59,60,64,65,66)/t34?,39-,42+,44-,47?/m0/s1. The zero-order valence-corrected chi connectivity index (χ0v) is 45.6. The van der Waals surface area contributed by atoms with Crippen LogP contribution in [0.4, 0.5) is 17.6 Å². The molecule has 2 aliphatic heterocycles. The van der Waals surface area contributed by atoms with Gasteiger partial charge in [0.15, 0.2) is 15.7 Å². The van der Waals surface area contributed by atoms with Crippen LogP contribution in [0, 0.1) is 25.7 Å². The molecular formula is C55H73N13O7S. The number of likely N-dealkylation sites (N-methyl/N-ethyl adjacent to an activating group) is 1. The number of likely N-dealkylation sites (tertiary alicyclic amines) is 1. The first kappa shape index (κ1) is 54.1. The number of sulfone groups is 1. The molecule has 21 heteroatoms. The van der Waals surface area contributed by atoms with Gasteiger partial charge in [0.1, 0.15) is 34.9 Å². The van der Waals surface area contributed by atoms with E-state index in [1.54, 1.807) is 51.8 Å². The molecule has 0 bridgehead atoms. The first-order valence-electron chi connectivity index (χ1n) is 26.9. The smallest absolute Gasteiger partial charge is 0.254 e. The molecule has 6 N–H and O–H groups in total. The summed E-state index contributed by atoms with van der Waals surface area (Å²) in [6.07, 6.45) is 13.2. The third kappa shape index (κ3) is 11.6. The average molecular weight is 1060 g/mol. The maximum atomic E-state index is 14.8. The molecule has 406 valence electrons. The number of H-pyrrole nitrogens is 1. The van der Waals surface area contributed by atoms with E-state index < -0.39 is 44.7 Å². The lowest BCUT2D eigenvalue weighted by Crippen LogP contribution is -2.58. The number of fused-ring (bicyclic) bond motifs is 2. The van der Waals surface area contributed by atoms with Crippen molar-refractivity contribution >= 4 is 62.0 Å². The molecule has 20 nitrogen and oxygen atoms in total. The molecular weight excluding hydrogens is 987 g/mol. The fourth-order valence-electron chi connectivity index (χ4n) is 11.0. The zero-order valence-electron chi connectivity index (χ0n) is 44.7. The van der Waals surface area contributed by atoms with Crippen LogP contribution in [0.1, 0.15) is 131 Å². The number of carbonyl (C=O) groups excluding carboxylic acids is 4. The Hall–Kier alpha value is -6.74. The van der Waals surface area contributed by atoms with Crippen LogP contribution in [-0.2, 0) is 30.6 Å². The van der Waals surface area contributed by atoms with Crippen LogP contribution < -0.4 is 36.2 Å². The van der Waals surface area contributed by atoms with Crippen molar-refractivity contribution in [3.05, 3.63) is 83.1 Å². The summed E-state index contributed by atoms with van der Waals surface area (Å²) in [5, 5.41) is 23.4. The molecule has 5 heterocycles. The van der Waals surface area contributed by atoms with Gasteiger partial charge in [0.05, 0.1) is 34.5 Å². The number of hydrogen-bond acceptors (Lipinski definition) is 15. The summed E-state index contributed by atoms with van der Waals surface area (Å²) >= 11 is 0. The maximum absolute atomic E-state index is 14.8. The fraction of sp³-hybridized carbons (Fsp3) is 0.545. The summed E-state index contributed by atoms with van der Waals surface area (Å²) in [5.74, 6) is 0.422. The Kier molecular flexibility index (Phi) is 16.3. The third-order valence-electron chi connectivity index (χ3n) is 16.0. The Balaban J connectivity index is 0.851. The van der Waals surface area contributed by atoms with Gasteiger partial charge in [-0.2, -0.15) is 5.10 Å². The zero-order chi connectivity index (χ0) is 53.9. The van der Waals surface area contributed by atoms with Gasteiger partial charge in [0.25, 0.3) is 5.91 Å². The van der Waals surface area contributed by atoms with Gasteiger partial charge in [-0.25, -0.2) is 28.4 Å². The van der Waals surface area contributed by atoms with Gasteiger partial charge in [-0.3, -0.25) is 24.3 Å². The molecule has 1 saturated carbocycles. The lowest BCUT2D eigenvalue weighted by molar-refractivity contribution is -0.143. The molecule has 2 aromatic carbocycles. The van der Waals surface area contributed by atoms with Gasteiger partial charge in [0.2, 0.25) is 23.7 Å². The summed E-state index contributed by atoms with van der Waals surface area (Å²) < 4.78 is 33.5. The van der Waals surface area contributed by atoms with Gasteiger partial charge >= 0.3 is 0 Å². The van der Waals surface area contributed by atoms with Crippen LogP contribution >= 0.6 is 0 Å². The van der Waals surface area contributed by atoms with Crippen LogP contribution in [0.3, 0.4) is 0 Å². The molecule has 0 spiro atoms. The quantitative estimate of drug-likeness (QED) is 0.0669. The summed E-state index contributed by atoms with van der Waals surface area (Å²) in [6.45, 7) is 12.2. The van der Waals surface area contributed by atoms with E-state index in [-0.39, 0.29) is 71.4 Å². The number of aryl methyl sites for hydroxylation is 2. The minimum atomic E-state index is -3.88. The highest BCUT2D eigenvalue weighted by atomic mass is 32.2. The first-order chi connectivity index (χ1) is 36.4. The minimum absolute atomic E-state index is 0.0594. The maximum Gasteiger partial charge on any atom is 0.254 e. The number of piperidine rings is 1. The molecule has 2 unspecified atom stereocenters. The van der Waals surface area contributed by atoms with Crippen molar-refractivity contribution in [2.75, 3.05) is 43.5 Å². The van der Waals surface area contributed by atoms with Gasteiger partial charge < -0.3 is 41.1 Å². The number of aromatic nitrogens is 6. The Labute approximate surface area is 445 Å². The Morgan fingerprint density at radius 1 is 0.895 bits per heavy atom. The molecule has 9 rings (SSSR count). The second-order valence-electron chi connectivity index (χ2n) is 22.1. The van der Waals surface area contributed by atoms with Crippen LogP contribution in [0.15, 0.2) is 60.0 Å². The fourth-order valence-corrected chi connectivity index (χ4v) is 12.3. The van der Waals surface area contributed by atoms with Gasteiger partial charge in [-0.15, -0.1) is 0 Å². The molecule has 4 amide bonds. The van der Waals surface area contributed by atoms with Crippen molar-refractivity contribution in [3.8, 4) is 5.75 Å². The molecule has 3 fully saturated rings. The molecule has 5 atom stereocenters. The van der Waals surface area contributed by atoms with Crippen LogP contribution in [0.5, 0.6) is 5.75 Å². The van der Waals surface area contributed by atoms with Crippen molar-refractivity contribution in [2.24, 2.45) is 11.8 Å². The van der Waals surface area contributed by atoms with E-state index in [1.807, 2.05) is 36.9 Å². The molecule has 2 aliphatic carbocycles. The van der Waals surface area contributed by atoms with Crippen LogP contribution in [-0.4, -0.2) is 129 Å². The normalized spacial score (nSPS) is 20.4. The number of hydrogen-bond donors (Lipinski definition) is 6. The summed E-state index contributed by atoms with van der Waals surface area (Å²) in [7, 11) is -2.18. The van der Waals surface area contributed by atoms with Crippen molar-refractivity contribution in [1.82, 2.24) is 56.3 Å². The Morgan fingerprint density at radius 3 is 2.33 bits per heavy atom. The molecule has 76 heavy (non-hydrogen) atoms. The van der Waals surface area contributed by atoms with Crippen LogP contribution in [0.2, 0.25) is 0 Å². The lowest BCUT2D eigenvalue weighted by Gasteiger charge is -2.35. The summed E-state index contributed by atoms with van der Waals surface area (Å²) in [5.41, 5.74) is 4.85. The van der Waals surface area contributed by atoms with E-state index in [9.17, 15) is 27.6 Å². The van der Waals surface area contributed by atoms with Crippen molar-refractivity contribution in [3.63, 3.8) is 0 Å². The lowest BCUT2D eigenvalue weighted by atomic mass is 9.83. The number of aromatic amines is 1. The number of anilines is 3. The van der Waals surface area contributed by atoms with Crippen molar-refractivity contribution < 1.29 is 32.3 Å². The van der Waals surface area contributed by atoms with Gasteiger partial charge in [-0.1, -0.05) is 43.5 Å². The second-order valence-corrected chi connectivity index (χ2v) is 24.7. The minimum Gasteiger partial charge on any atom is -0.492 e. The van der Waals surface area contributed by atoms with E-state index in [4.69, 9.17) is 4.74 Å². The van der Waals surface area contributed by atoms with Gasteiger partial charge in [0, 0.05) is 60.8 Å². The first-order valence-corrected chi connectivity index (χ1v) is 28.4. The predicted octanol–water partition coefficient (Wildman–Crippen LogP) is 5.94. The number of nitrogens with one attached hydrogen (secondary N) is 6. The number of carbonyl (C=O) groups is 4. The molecule has 5 aromatic rings. The van der Waals surface area contributed by atoms with Gasteiger partial charge in [-0.05, 0) is 129 Å². The van der Waals surface area contributed by atoms with E-state index in [0.29, 0.717) is 41.6 Å². The highest BCUT2D eigenvalue weighted by Crippen LogP contribution is 2.39. The number of ether oxygens (including phenoxy) is 1. The van der Waals surface area contributed by atoms with Crippen LogP contribution in [0.25, 0.3) is 10.9 Å². The molecule has 2 saturated heterocycles. The van der Waals surface area contributed by atoms with E-state index >= 15 is 0 Å². The summed E-state index contributed by atoms with van der Waals surface area (Å²) in [4.78, 5) is 78.4. The SMILES string of the molecule is CNC(C)C(=O)NC(C(=O)N1C[C@@H](NC(=O)c2cnc(N3CCC(COc4cc5ncnc(Nc6n[nH]c(C)c6C)c5cc4S(=O)(=O)C(C)(C)C)CC3)nc2)C[C@H]1C(=O)N[C@@H]1CCCc2ccccc21)C1CCCCC1. The molecule has 0 radical (unpaired) electrons. The highest BCUT2D eigenvalue weighted by Gasteiger charge is 2.45.